The predicted octanol–water partition coefficient (Wildman–Crippen LogP) is 3.84. The highest BCUT2D eigenvalue weighted by atomic mass is 16.5. The number of aromatic nitrogens is 6. The molecule has 3 aromatic rings. The minimum Gasteiger partial charge on any atom is -0.378 e. The molecule has 2 fully saturated rings. The Morgan fingerprint density at radius 3 is 2.11 bits per heavy atom. The highest BCUT2D eigenvalue weighted by molar-refractivity contribution is 5.94. The molecule has 0 unspecified atom stereocenters. The Balaban J connectivity index is 0.000000674. The minimum absolute atomic E-state index is 0.0570. The second kappa shape index (κ2) is 13.2. The molecule has 0 radical (unpaired) electrons. The number of rotatable bonds is 5. The lowest BCUT2D eigenvalue weighted by molar-refractivity contribution is 0.0981. The van der Waals surface area contributed by atoms with Crippen molar-refractivity contribution >= 4 is 23.1 Å². The van der Waals surface area contributed by atoms with Crippen LogP contribution in [0.15, 0.2) is 12.3 Å². The summed E-state index contributed by atoms with van der Waals surface area (Å²) in [6, 6.07) is 2.03. The van der Waals surface area contributed by atoms with Gasteiger partial charge >= 0.3 is 0 Å². The summed E-state index contributed by atoms with van der Waals surface area (Å²) in [5, 5.41) is 4.40. The summed E-state index contributed by atoms with van der Waals surface area (Å²) in [6.07, 6.45) is 5.34. The van der Waals surface area contributed by atoms with E-state index in [1.54, 1.807) is 10.7 Å². The number of hydrogen-bond donors (Lipinski definition) is 0. The molecule has 10 nitrogen and oxygen atoms in total. The Bertz CT molecular complexity index is 1100. The molecule has 0 atom stereocenters. The number of morpholine rings is 1. The first-order valence-electron chi connectivity index (χ1n) is 13.2. The summed E-state index contributed by atoms with van der Waals surface area (Å²) >= 11 is 0. The molecule has 0 aliphatic carbocycles. The summed E-state index contributed by atoms with van der Waals surface area (Å²) in [6.45, 7) is 16.9. The highest BCUT2D eigenvalue weighted by Crippen LogP contribution is 2.24. The van der Waals surface area contributed by atoms with Crippen molar-refractivity contribution in [2.24, 2.45) is 0 Å². The number of carbonyl (C=O) groups excluding carboxylic acids is 1. The third-order valence-corrected chi connectivity index (χ3v) is 5.79. The zero-order chi connectivity index (χ0) is 26.1. The van der Waals surface area contributed by atoms with Gasteiger partial charge in [0.05, 0.1) is 31.0 Å². The van der Waals surface area contributed by atoms with Crippen LogP contribution < -0.4 is 9.80 Å². The van der Waals surface area contributed by atoms with Gasteiger partial charge in [0, 0.05) is 38.4 Å². The molecule has 36 heavy (non-hydrogen) atoms. The molecule has 2 saturated heterocycles. The average Bonchev–Trinajstić information content (AvgIpc) is 3.60. The Labute approximate surface area is 214 Å². The van der Waals surface area contributed by atoms with E-state index in [0.717, 1.165) is 62.0 Å². The van der Waals surface area contributed by atoms with Gasteiger partial charge in [0.2, 0.25) is 11.6 Å². The fourth-order valence-corrected chi connectivity index (χ4v) is 4.05. The maximum absolute atomic E-state index is 13.0. The van der Waals surface area contributed by atoms with Crippen molar-refractivity contribution in [3.05, 3.63) is 35.3 Å². The highest BCUT2D eigenvalue weighted by Gasteiger charge is 2.22. The molecule has 0 N–H and O–H groups in total. The molecular weight excluding hydrogens is 456 g/mol. The monoisotopic (exact) mass is 496 g/mol. The van der Waals surface area contributed by atoms with E-state index in [4.69, 9.17) is 14.7 Å². The first kappa shape index (κ1) is 27.4. The number of hydrogen-bond acceptors (Lipinski definition) is 9. The van der Waals surface area contributed by atoms with Gasteiger partial charge in [-0.3, -0.25) is 9.78 Å². The van der Waals surface area contributed by atoms with Gasteiger partial charge in [-0.25, -0.2) is 19.5 Å². The second-order valence-corrected chi connectivity index (χ2v) is 8.76. The number of Topliss-reactive ketones (excluding diaryl/α,β-unsaturated/α-hetero) is 1. The maximum Gasteiger partial charge on any atom is 0.218 e. The normalized spacial score (nSPS) is 15.3. The Morgan fingerprint density at radius 2 is 1.53 bits per heavy atom. The fraction of sp³-hybridized carbons (Fsp3) is 0.615. The molecule has 5 rings (SSSR count). The molecule has 2 aliphatic heterocycles. The van der Waals surface area contributed by atoms with E-state index in [0.29, 0.717) is 24.7 Å². The van der Waals surface area contributed by atoms with Crippen molar-refractivity contribution in [1.29, 1.82) is 0 Å². The SMILES string of the molecule is CC.CCC.Cc1ncc(C)n2nc(C(=O)Cc3nc(N4CCCC4)cc(N4CCOCC4)n3)nc12. The van der Waals surface area contributed by atoms with Gasteiger partial charge in [0.25, 0.3) is 0 Å². The Kier molecular flexibility index (Phi) is 10.1. The fourth-order valence-electron chi connectivity index (χ4n) is 4.05. The first-order chi connectivity index (χ1) is 17.5. The summed E-state index contributed by atoms with van der Waals surface area (Å²) in [4.78, 5) is 35.7. The van der Waals surface area contributed by atoms with Crippen LogP contribution in [0.25, 0.3) is 5.65 Å². The molecule has 0 spiro atoms. The van der Waals surface area contributed by atoms with E-state index in [1.165, 1.54) is 6.42 Å². The van der Waals surface area contributed by atoms with Crippen molar-refractivity contribution < 1.29 is 9.53 Å². The average molecular weight is 497 g/mol. The van der Waals surface area contributed by atoms with Gasteiger partial charge in [0.15, 0.2) is 5.65 Å². The number of fused-ring (bicyclic) bond motifs is 1. The number of nitrogens with zero attached hydrogens (tertiary/aromatic N) is 8. The van der Waals surface area contributed by atoms with E-state index >= 15 is 0 Å². The summed E-state index contributed by atoms with van der Waals surface area (Å²) in [7, 11) is 0. The lowest BCUT2D eigenvalue weighted by atomic mass is 10.2. The van der Waals surface area contributed by atoms with Crippen LogP contribution in [-0.2, 0) is 11.2 Å². The van der Waals surface area contributed by atoms with Crippen LogP contribution in [0.4, 0.5) is 11.6 Å². The predicted molar refractivity (Wildman–Crippen MR) is 142 cm³/mol. The van der Waals surface area contributed by atoms with Crippen LogP contribution in [0.5, 0.6) is 0 Å². The Morgan fingerprint density at radius 1 is 0.944 bits per heavy atom. The number of ketones is 1. The van der Waals surface area contributed by atoms with Crippen LogP contribution in [0.2, 0.25) is 0 Å². The molecule has 0 saturated carbocycles. The zero-order valence-corrected chi connectivity index (χ0v) is 22.6. The van der Waals surface area contributed by atoms with Gasteiger partial charge < -0.3 is 14.5 Å². The van der Waals surface area contributed by atoms with Crippen LogP contribution in [0.1, 0.15) is 74.8 Å². The molecule has 3 aromatic heterocycles. The number of ether oxygens (including phenoxy) is 1. The van der Waals surface area contributed by atoms with Crippen LogP contribution in [-0.4, -0.2) is 74.7 Å². The van der Waals surface area contributed by atoms with Crippen LogP contribution in [0, 0.1) is 13.8 Å². The van der Waals surface area contributed by atoms with Crippen molar-refractivity contribution in [2.45, 2.75) is 67.2 Å². The zero-order valence-electron chi connectivity index (χ0n) is 22.6. The third kappa shape index (κ3) is 6.54. The molecule has 5 heterocycles. The van der Waals surface area contributed by atoms with E-state index < -0.39 is 0 Å². The maximum atomic E-state index is 13.0. The second-order valence-electron chi connectivity index (χ2n) is 8.76. The van der Waals surface area contributed by atoms with Gasteiger partial charge in [-0.1, -0.05) is 34.1 Å². The standard InChI is InChI=1S/C21H26N8O2.C3H8.C2H6/c1-14-13-22-15(2)21-25-20(26-29(14)21)16(30)11-17-23-18(27-5-3-4-6-27)12-19(24-17)28-7-9-31-10-8-28;1-3-2;1-2/h12-13H,3-11H2,1-2H3;3H2,1-2H3;1-2H3. The Hall–Kier alpha value is -3.14. The molecule has 2 aliphatic rings. The lowest BCUT2D eigenvalue weighted by Gasteiger charge is -2.29. The van der Waals surface area contributed by atoms with Crippen LogP contribution >= 0.6 is 0 Å². The largest absolute Gasteiger partial charge is 0.378 e. The van der Waals surface area contributed by atoms with E-state index in [2.05, 4.69) is 38.7 Å². The molecular formula is C26H40N8O2. The van der Waals surface area contributed by atoms with Crippen LogP contribution in [0.3, 0.4) is 0 Å². The third-order valence-electron chi connectivity index (χ3n) is 5.79. The van der Waals surface area contributed by atoms with E-state index in [-0.39, 0.29) is 18.0 Å². The number of aryl methyl sites for hydroxylation is 2. The van der Waals surface area contributed by atoms with Gasteiger partial charge in [0.1, 0.15) is 17.5 Å². The lowest BCUT2D eigenvalue weighted by Crippen LogP contribution is -2.37. The molecule has 0 amide bonds. The van der Waals surface area contributed by atoms with Crippen molar-refractivity contribution in [2.75, 3.05) is 49.2 Å². The van der Waals surface area contributed by atoms with Gasteiger partial charge in [-0.15, -0.1) is 5.10 Å². The minimum atomic E-state index is -0.200. The van der Waals surface area contributed by atoms with E-state index in [9.17, 15) is 4.79 Å². The first-order valence-corrected chi connectivity index (χ1v) is 13.2. The smallest absolute Gasteiger partial charge is 0.218 e. The van der Waals surface area contributed by atoms with Crippen molar-refractivity contribution in [3.8, 4) is 0 Å². The molecule has 0 aromatic carbocycles. The summed E-state index contributed by atoms with van der Waals surface area (Å²) < 4.78 is 7.14. The quantitative estimate of drug-likeness (QED) is 0.488. The number of anilines is 2. The van der Waals surface area contributed by atoms with Gasteiger partial charge in [-0.05, 0) is 26.7 Å². The van der Waals surface area contributed by atoms with Gasteiger partial charge in [-0.2, -0.15) is 0 Å². The van der Waals surface area contributed by atoms with Crippen molar-refractivity contribution in [1.82, 2.24) is 29.5 Å². The van der Waals surface area contributed by atoms with Crippen molar-refractivity contribution in [3.63, 3.8) is 0 Å². The topological polar surface area (TPSA) is 102 Å². The van der Waals surface area contributed by atoms with E-state index in [1.807, 2.05) is 33.8 Å². The summed E-state index contributed by atoms with van der Waals surface area (Å²) in [5.41, 5.74) is 2.16. The summed E-state index contributed by atoms with van der Waals surface area (Å²) in [5.74, 6) is 2.20. The molecule has 196 valence electrons. The molecule has 0 bridgehead atoms. The number of carbonyl (C=O) groups is 1. The molecule has 10 heteroatoms.